The Labute approximate surface area is 110 Å². The van der Waals surface area contributed by atoms with Crippen LogP contribution in [-0.2, 0) is 0 Å². The summed E-state index contributed by atoms with van der Waals surface area (Å²) in [6, 6.07) is 0. The highest BCUT2D eigenvalue weighted by molar-refractivity contribution is 6.25. The van der Waals surface area contributed by atoms with Gasteiger partial charge in [-0.3, -0.25) is 0 Å². The first-order valence-corrected chi connectivity index (χ1v) is 6.36. The van der Waals surface area contributed by atoms with Gasteiger partial charge in [-0.25, -0.2) is 8.78 Å². The first-order chi connectivity index (χ1) is 8.82. The van der Waals surface area contributed by atoms with Gasteiger partial charge in [0.15, 0.2) is 0 Å². The Bertz CT molecular complexity index is 400. The molecule has 19 heavy (non-hydrogen) atoms. The van der Waals surface area contributed by atoms with Gasteiger partial charge in [0.05, 0.1) is 0 Å². The zero-order valence-corrected chi connectivity index (χ0v) is 10.3. The van der Waals surface area contributed by atoms with Gasteiger partial charge in [-0.1, -0.05) is 11.5 Å². The molecule has 1 saturated carbocycles. The molecular weight excluding hydrogens is 262 g/mol. The van der Waals surface area contributed by atoms with Gasteiger partial charge in [-0.2, -0.15) is 13.2 Å². The van der Waals surface area contributed by atoms with Crippen molar-refractivity contribution in [2.24, 2.45) is 5.92 Å². The van der Waals surface area contributed by atoms with Crippen molar-refractivity contribution in [3.8, 4) is 0 Å². The zero-order valence-electron chi connectivity index (χ0n) is 10.3. The minimum atomic E-state index is -4.53. The minimum absolute atomic E-state index is 0.0123. The van der Waals surface area contributed by atoms with Crippen molar-refractivity contribution >= 4 is 7.85 Å². The fourth-order valence-corrected chi connectivity index (χ4v) is 2.88. The molecule has 0 aromatic rings. The average molecular weight is 276 g/mol. The Balaban J connectivity index is 2.34. The molecule has 0 heterocycles. The van der Waals surface area contributed by atoms with Crippen LogP contribution in [0.25, 0.3) is 0 Å². The molecule has 104 valence electrons. The lowest BCUT2D eigenvalue weighted by atomic mass is 9.69. The van der Waals surface area contributed by atoms with Gasteiger partial charge in [-0.05, 0) is 37.7 Å². The lowest BCUT2D eigenvalue weighted by molar-refractivity contribution is -0.0946. The van der Waals surface area contributed by atoms with E-state index in [4.69, 9.17) is 7.85 Å². The largest absolute Gasteiger partial charge is 0.412 e. The molecule has 0 N–H and O–H groups in total. The number of rotatable bonds is 1. The molecule has 0 nitrogen and oxygen atoms in total. The lowest BCUT2D eigenvalue weighted by Crippen LogP contribution is -2.34. The van der Waals surface area contributed by atoms with Crippen molar-refractivity contribution < 1.29 is 22.0 Å². The predicted molar refractivity (Wildman–Crippen MR) is 63.3 cm³/mol. The van der Waals surface area contributed by atoms with Gasteiger partial charge in [0.1, 0.15) is 20.2 Å². The van der Waals surface area contributed by atoms with E-state index in [0.29, 0.717) is 6.42 Å². The van der Waals surface area contributed by atoms with Gasteiger partial charge in [0, 0.05) is 11.5 Å². The van der Waals surface area contributed by atoms with E-state index in [0.717, 1.165) is 0 Å². The molecular formula is C13H14BF5. The van der Waals surface area contributed by atoms with Crippen LogP contribution in [0.3, 0.4) is 0 Å². The van der Waals surface area contributed by atoms with Gasteiger partial charge in [0.2, 0.25) is 0 Å². The van der Waals surface area contributed by atoms with Crippen molar-refractivity contribution in [2.45, 2.75) is 50.6 Å². The third-order valence-corrected chi connectivity index (χ3v) is 3.84. The van der Waals surface area contributed by atoms with Crippen LogP contribution in [0.2, 0.25) is 0 Å². The summed E-state index contributed by atoms with van der Waals surface area (Å²) in [5.41, 5.74) is -1.32. The molecule has 0 spiro atoms. The predicted octanol–water partition coefficient (Wildman–Crippen LogP) is 4.17. The Morgan fingerprint density at radius 3 is 2.21 bits per heavy atom. The van der Waals surface area contributed by atoms with Gasteiger partial charge < -0.3 is 0 Å². The number of alkyl halides is 5. The summed E-state index contributed by atoms with van der Waals surface area (Å²) in [6.07, 6.45) is -5.31. The van der Waals surface area contributed by atoms with Gasteiger partial charge in [0.25, 0.3) is 0 Å². The number of hydrogen-bond acceptors (Lipinski definition) is 0. The molecule has 2 aliphatic rings. The van der Waals surface area contributed by atoms with E-state index in [1.54, 1.807) is 0 Å². The summed E-state index contributed by atoms with van der Waals surface area (Å²) in [5.74, 6) is -1.15. The van der Waals surface area contributed by atoms with E-state index in [2.05, 4.69) is 0 Å². The molecule has 0 amide bonds. The van der Waals surface area contributed by atoms with Gasteiger partial charge in [-0.15, -0.1) is 0 Å². The summed E-state index contributed by atoms with van der Waals surface area (Å²) in [7, 11) is 5.52. The fraction of sp³-hybridized carbons (Fsp3) is 0.692. The second-order valence-electron chi connectivity index (χ2n) is 5.08. The third-order valence-electron chi connectivity index (χ3n) is 3.84. The SMILES string of the molecule is [B]C1=C(C(F)(F)F)CCC=C1C1C(F)CCCC1F. The van der Waals surface area contributed by atoms with Crippen molar-refractivity contribution in [1.29, 1.82) is 0 Å². The summed E-state index contributed by atoms with van der Waals surface area (Å²) >= 11 is 0. The summed E-state index contributed by atoms with van der Waals surface area (Å²) < 4.78 is 66.0. The Hall–Kier alpha value is -0.805. The van der Waals surface area contributed by atoms with E-state index in [1.165, 1.54) is 6.08 Å². The topological polar surface area (TPSA) is 0 Å². The molecule has 2 aliphatic carbocycles. The summed E-state index contributed by atoms with van der Waals surface area (Å²) in [4.78, 5) is 0. The molecule has 2 rings (SSSR count). The minimum Gasteiger partial charge on any atom is -0.247 e. The Morgan fingerprint density at radius 2 is 1.68 bits per heavy atom. The van der Waals surface area contributed by atoms with E-state index in [-0.39, 0.29) is 31.3 Å². The van der Waals surface area contributed by atoms with Crippen LogP contribution in [0.5, 0.6) is 0 Å². The first-order valence-electron chi connectivity index (χ1n) is 6.36. The molecule has 0 aromatic carbocycles. The Kier molecular flexibility index (Phi) is 4.07. The maximum absolute atomic E-state index is 13.8. The first kappa shape index (κ1) is 14.6. The fourth-order valence-electron chi connectivity index (χ4n) is 2.88. The highest BCUT2D eigenvalue weighted by atomic mass is 19.4. The molecule has 2 unspecified atom stereocenters. The highest BCUT2D eigenvalue weighted by Crippen LogP contribution is 2.43. The van der Waals surface area contributed by atoms with Crippen molar-refractivity contribution in [3.63, 3.8) is 0 Å². The number of hydrogen-bond donors (Lipinski definition) is 0. The van der Waals surface area contributed by atoms with E-state index in [9.17, 15) is 22.0 Å². The Morgan fingerprint density at radius 1 is 1.11 bits per heavy atom. The van der Waals surface area contributed by atoms with Crippen LogP contribution in [0.15, 0.2) is 22.7 Å². The molecule has 0 bridgehead atoms. The molecule has 6 heteroatoms. The third kappa shape index (κ3) is 2.87. The molecule has 0 aliphatic heterocycles. The summed E-state index contributed by atoms with van der Waals surface area (Å²) in [6.45, 7) is 0. The number of halogens is 5. The number of allylic oxidation sites excluding steroid dienone is 4. The van der Waals surface area contributed by atoms with Crippen LogP contribution in [0, 0.1) is 5.92 Å². The monoisotopic (exact) mass is 276 g/mol. The molecule has 0 saturated heterocycles. The molecule has 1 fully saturated rings. The average Bonchev–Trinajstić information content (AvgIpc) is 2.29. The smallest absolute Gasteiger partial charge is 0.247 e. The van der Waals surface area contributed by atoms with E-state index < -0.39 is 35.5 Å². The second-order valence-corrected chi connectivity index (χ2v) is 5.08. The van der Waals surface area contributed by atoms with E-state index >= 15 is 0 Å². The van der Waals surface area contributed by atoms with Crippen LogP contribution in [0.1, 0.15) is 32.1 Å². The zero-order chi connectivity index (χ0) is 14.2. The normalized spacial score (nSPS) is 33.3. The molecule has 2 atom stereocenters. The molecule has 0 aromatic heterocycles. The lowest BCUT2D eigenvalue weighted by Gasteiger charge is -2.34. The quantitative estimate of drug-likeness (QED) is 0.498. The second kappa shape index (κ2) is 5.29. The van der Waals surface area contributed by atoms with Crippen LogP contribution in [0.4, 0.5) is 22.0 Å². The standard InChI is InChI=1S/C13H14BF5/c14-12-7(3-1-4-8(12)13(17,18)19)11-9(15)5-2-6-10(11)16/h3,9-11H,1-2,4-6H2. The van der Waals surface area contributed by atoms with Crippen molar-refractivity contribution in [3.05, 3.63) is 22.7 Å². The van der Waals surface area contributed by atoms with Crippen LogP contribution in [-0.4, -0.2) is 26.4 Å². The summed E-state index contributed by atoms with van der Waals surface area (Å²) in [5, 5.41) is 0. The van der Waals surface area contributed by atoms with Crippen molar-refractivity contribution in [1.82, 2.24) is 0 Å². The maximum atomic E-state index is 13.8. The van der Waals surface area contributed by atoms with Crippen LogP contribution < -0.4 is 0 Å². The van der Waals surface area contributed by atoms with E-state index in [1.807, 2.05) is 0 Å². The van der Waals surface area contributed by atoms with Crippen molar-refractivity contribution in [2.75, 3.05) is 0 Å². The van der Waals surface area contributed by atoms with Gasteiger partial charge >= 0.3 is 6.18 Å². The molecule has 2 radical (unpaired) electrons. The highest BCUT2D eigenvalue weighted by Gasteiger charge is 2.41. The maximum Gasteiger partial charge on any atom is 0.412 e. The van der Waals surface area contributed by atoms with Crippen LogP contribution >= 0.6 is 0 Å².